The number of likely N-dealkylation sites (tertiary alicyclic amines) is 1. The summed E-state index contributed by atoms with van der Waals surface area (Å²) in [6.45, 7) is 0.330. The highest BCUT2D eigenvalue weighted by molar-refractivity contribution is 6.30. The molecule has 0 spiro atoms. The minimum atomic E-state index is -1.63. The van der Waals surface area contributed by atoms with E-state index in [0.29, 0.717) is 11.6 Å². The standard InChI is InChI=1S/C19H15ClF3NO2/c1-24-9-13(10-2-5-12(20)6-3-10)16(19(24)26)15(25)8-11-4-7-14(21)18(23)17(11)22/h2-7,13,16H,8-9H2,1H3/t13-,16+/m1/s1. The summed E-state index contributed by atoms with van der Waals surface area (Å²) < 4.78 is 40.3. The van der Waals surface area contributed by atoms with Gasteiger partial charge in [-0.3, -0.25) is 9.59 Å². The first kappa shape index (κ1) is 18.5. The quantitative estimate of drug-likeness (QED) is 0.597. The number of ketones is 1. The zero-order valence-electron chi connectivity index (χ0n) is 13.8. The number of nitrogens with zero attached hydrogens (tertiary/aromatic N) is 1. The number of hydrogen-bond acceptors (Lipinski definition) is 2. The fourth-order valence-corrected chi connectivity index (χ4v) is 3.40. The number of amides is 1. The molecule has 0 saturated carbocycles. The molecule has 2 aromatic rings. The Balaban J connectivity index is 1.89. The summed E-state index contributed by atoms with van der Waals surface area (Å²) in [5.74, 6) is -6.68. The third kappa shape index (κ3) is 3.33. The van der Waals surface area contributed by atoms with Crippen LogP contribution >= 0.6 is 11.6 Å². The van der Waals surface area contributed by atoms with E-state index in [-0.39, 0.29) is 11.5 Å². The summed E-state index contributed by atoms with van der Waals surface area (Å²) in [5.41, 5.74) is 0.488. The molecule has 26 heavy (non-hydrogen) atoms. The number of carbonyl (C=O) groups excluding carboxylic acids is 2. The lowest BCUT2D eigenvalue weighted by Crippen LogP contribution is -2.29. The van der Waals surface area contributed by atoms with E-state index in [1.165, 1.54) is 4.90 Å². The van der Waals surface area contributed by atoms with Crippen molar-refractivity contribution in [2.45, 2.75) is 12.3 Å². The van der Waals surface area contributed by atoms with Gasteiger partial charge in [0.05, 0.1) is 0 Å². The maximum atomic E-state index is 13.9. The minimum Gasteiger partial charge on any atom is -0.344 e. The molecule has 1 aliphatic rings. The van der Waals surface area contributed by atoms with Gasteiger partial charge in [0.1, 0.15) is 11.7 Å². The summed E-state index contributed by atoms with van der Waals surface area (Å²) in [7, 11) is 1.58. The van der Waals surface area contributed by atoms with Gasteiger partial charge >= 0.3 is 0 Å². The van der Waals surface area contributed by atoms with Gasteiger partial charge in [-0.15, -0.1) is 0 Å². The Morgan fingerprint density at radius 3 is 2.42 bits per heavy atom. The highest BCUT2D eigenvalue weighted by Crippen LogP contribution is 2.35. The van der Waals surface area contributed by atoms with Crippen LogP contribution in [0.5, 0.6) is 0 Å². The topological polar surface area (TPSA) is 37.4 Å². The second-order valence-corrected chi connectivity index (χ2v) is 6.77. The van der Waals surface area contributed by atoms with E-state index in [2.05, 4.69) is 0 Å². The Bertz CT molecular complexity index is 870. The molecule has 1 fully saturated rings. The molecule has 2 atom stereocenters. The lowest BCUT2D eigenvalue weighted by atomic mass is 9.84. The SMILES string of the molecule is CN1C[C@H](c2ccc(Cl)cc2)[C@@H](C(=O)Cc2ccc(F)c(F)c2F)C1=O. The van der Waals surface area contributed by atoms with Gasteiger partial charge < -0.3 is 4.90 Å². The highest BCUT2D eigenvalue weighted by Gasteiger charge is 2.43. The van der Waals surface area contributed by atoms with Crippen LogP contribution in [0.2, 0.25) is 5.02 Å². The Morgan fingerprint density at radius 2 is 1.77 bits per heavy atom. The van der Waals surface area contributed by atoms with Crippen molar-refractivity contribution in [3.63, 3.8) is 0 Å². The highest BCUT2D eigenvalue weighted by atomic mass is 35.5. The molecule has 1 aliphatic heterocycles. The summed E-state index contributed by atoms with van der Waals surface area (Å²) in [5, 5.41) is 0.526. The second kappa shape index (κ2) is 7.11. The van der Waals surface area contributed by atoms with Crippen LogP contribution in [0.4, 0.5) is 13.2 Å². The van der Waals surface area contributed by atoms with E-state index in [0.717, 1.165) is 17.7 Å². The van der Waals surface area contributed by atoms with Crippen molar-refractivity contribution in [3.8, 4) is 0 Å². The fourth-order valence-electron chi connectivity index (χ4n) is 3.27. The van der Waals surface area contributed by atoms with Crippen LogP contribution in [0.15, 0.2) is 36.4 Å². The van der Waals surface area contributed by atoms with Crippen LogP contribution in [-0.2, 0) is 16.0 Å². The Hall–Kier alpha value is -2.34. The van der Waals surface area contributed by atoms with E-state index in [1.807, 2.05) is 0 Å². The normalized spacial score (nSPS) is 19.9. The molecule has 3 rings (SSSR count). The number of benzene rings is 2. The Kier molecular flexibility index (Phi) is 5.05. The lowest BCUT2D eigenvalue weighted by molar-refractivity contribution is -0.136. The van der Waals surface area contributed by atoms with Crippen LogP contribution in [-0.4, -0.2) is 30.2 Å². The van der Waals surface area contributed by atoms with E-state index < -0.39 is 41.5 Å². The molecule has 0 aromatic heterocycles. The third-order valence-corrected chi connectivity index (χ3v) is 4.89. The molecule has 0 aliphatic carbocycles. The summed E-state index contributed by atoms with van der Waals surface area (Å²) >= 11 is 5.87. The van der Waals surface area contributed by atoms with E-state index in [1.54, 1.807) is 31.3 Å². The molecule has 0 unspecified atom stereocenters. The van der Waals surface area contributed by atoms with E-state index >= 15 is 0 Å². The summed E-state index contributed by atoms with van der Waals surface area (Å²) in [4.78, 5) is 26.6. The molecule has 1 heterocycles. The van der Waals surface area contributed by atoms with Gasteiger partial charge in [0.25, 0.3) is 0 Å². The summed E-state index contributed by atoms with van der Waals surface area (Å²) in [6.07, 6.45) is -0.489. The zero-order valence-corrected chi connectivity index (χ0v) is 14.6. The first-order valence-corrected chi connectivity index (χ1v) is 8.33. The van der Waals surface area contributed by atoms with Crippen molar-refractivity contribution in [3.05, 3.63) is 70.0 Å². The van der Waals surface area contributed by atoms with Crippen molar-refractivity contribution in [2.24, 2.45) is 5.92 Å². The molecule has 7 heteroatoms. The van der Waals surface area contributed by atoms with Gasteiger partial charge in [-0.05, 0) is 29.3 Å². The van der Waals surface area contributed by atoms with Gasteiger partial charge in [0.2, 0.25) is 5.91 Å². The number of hydrogen-bond donors (Lipinski definition) is 0. The molecular formula is C19H15ClF3NO2. The monoisotopic (exact) mass is 381 g/mol. The average molecular weight is 382 g/mol. The van der Waals surface area contributed by atoms with Gasteiger partial charge in [-0.1, -0.05) is 29.8 Å². The van der Waals surface area contributed by atoms with Crippen molar-refractivity contribution < 1.29 is 22.8 Å². The molecule has 1 amide bonds. The maximum absolute atomic E-state index is 13.9. The van der Waals surface area contributed by atoms with Crippen molar-refractivity contribution in [1.82, 2.24) is 4.90 Å². The second-order valence-electron chi connectivity index (χ2n) is 6.33. The predicted molar refractivity (Wildman–Crippen MR) is 90.3 cm³/mol. The Morgan fingerprint density at radius 1 is 1.12 bits per heavy atom. The zero-order chi connectivity index (χ0) is 19.0. The molecule has 2 aromatic carbocycles. The van der Waals surface area contributed by atoms with Gasteiger partial charge in [0, 0.05) is 31.0 Å². The first-order valence-electron chi connectivity index (χ1n) is 7.95. The van der Waals surface area contributed by atoms with Crippen LogP contribution in [0, 0.1) is 23.4 Å². The van der Waals surface area contributed by atoms with Crippen molar-refractivity contribution in [2.75, 3.05) is 13.6 Å². The number of Topliss-reactive ketones (excluding diaryl/α,β-unsaturated/α-hetero) is 1. The van der Waals surface area contributed by atoms with Crippen LogP contribution in [0.25, 0.3) is 0 Å². The first-order chi connectivity index (χ1) is 12.3. The molecule has 0 N–H and O–H groups in total. The molecule has 0 radical (unpaired) electrons. The van der Waals surface area contributed by atoms with Gasteiger partial charge in [-0.2, -0.15) is 0 Å². The van der Waals surface area contributed by atoms with Crippen LogP contribution in [0.1, 0.15) is 17.0 Å². The largest absolute Gasteiger partial charge is 0.344 e. The molecule has 136 valence electrons. The minimum absolute atomic E-state index is 0.272. The molecule has 0 bridgehead atoms. The molecule has 1 saturated heterocycles. The van der Waals surface area contributed by atoms with E-state index in [9.17, 15) is 22.8 Å². The lowest BCUT2D eigenvalue weighted by Gasteiger charge is -2.16. The number of carbonyl (C=O) groups is 2. The summed E-state index contributed by atoms with van der Waals surface area (Å²) in [6, 6.07) is 8.58. The van der Waals surface area contributed by atoms with Crippen LogP contribution < -0.4 is 0 Å². The third-order valence-electron chi connectivity index (χ3n) is 4.64. The predicted octanol–water partition coefficient (Wildman–Crippen LogP) is 3.74. The molecule has 3 nitrogen and oxygen atoms in total. The number of likely N-dealkylation sites (N-methyl/N-ethyl adjacent to an activating group) is 1. The average Bonchev–Trinajstić information content (AvgIpc) is 2.91. The fraction of sp³-hybridized carbons (Fsp3) is 0.263. The van der Waals surface area contributed by atoms with Gasteiger partial charge in [-0.25, -0.2) is 13.2 Å². The molecular weight excluding hydrogens is 367 g/mol. The Labute approximate surface area is 153 Å². The van der Waals surface area contributed by atoms with Gasteiger partial charge in [0.15, 0.2) is 17.5 Å². The van der Waals surface area contributed by atoms with E-state index in [4.69, 9.17) is 11.6 Å². The number of halogens is 4. The smallest absolute Gasteiger partial charge is 0.233 e. The van der Waals surface area contributed by atoms with Crippen LogP contribution in [0.3, 0.4) is 0 Å². The van der Waals surface area contributed by atoms with Crippen molar-refractivity contribution >= 4 is 23.3 Å². The van der Waals surface area contributed by atoms with Crippen molar-refractivity contribution in [1.29, 1.82) is 0 Å². The number of rotatable bonds is 4. The maximum Gasteiger partial charge on any atom is 0.233 e.